The van der Waals surface area contributed by atoms with Crippen LogP contribution in [-0.4, -0.2) is 24.7 Å². The van der Waals surface area contributed by atoms with Gasteiger partial charge in [-0.2, -0.15) is 13.2 Å². The van der Waals surface area contributed by atoms with Gasteiger partial charge >= 0.3 is 6.18 Å². The lowest BCUT2D eigenvalue weighted by atomic mass is 10.2. The Balaban J connectivity index is 4.22. The first-order chi connectivity index (χ1) is 5.79. The van der Waals surface area contributed by atoms with E-state index < -0.39 is 30.6 Å². The minimum Gasteiger partial charge on any atom is -0.343 e. The molecule has 0 aromatic carbocycles. The average molecular weight is 198 g/mol. The van der Waals surface area contributed by atoms with Crippen LogP contribution in [0.1, 0.15) is 13.8 Å². The number of alkyl halides is 3. The molecule has 3 N–H and O–H groups in total. The number of halogens is 3. The highest BCUT2D eigenvalue weighted by molar-refractivity contribution is 5.78. The molecule has 13 heavy (non-hydrogen) atoms. The van der Waals surface area contributed by atoms with Crippen molar-refractivity contribution in [1.82, 2.24) is 5.32 Å². The smallest absolute Gasteiger partial charge is 0.343 e. The molecule has 1 amide bonds. The Morgan fingerprint density at radius 2 is 1.92 bits per heavy atom. The molecule has 0 saturated carbocycles. The summed E-state index contributed by atoms with van der Waals surface area (Å²) in [6, 6.07) is -1.94. The zero-order chi connectivity index (χ0) is 10.6. The molecule has 0 rings (SSSR count). The third-order valence-electron chi connectivity index (χ3n) is 1.47. The Kier molecular flexibility index (Phi) is 4.19. The van der Waals surface area contributed by atoms with Crippen molar-refractivity contribution in [2.45, 2.75) is 26.1 Å². The number of carbonyl (C=O) groups excluding carboxylic acids is 1. The Morgan fingerprint density at radius 3 is 2.15 bits per heavy atom. The molecule has 0 radical (unpaired) electrons. The van der Waals surface area contributed by atoms with Crippen LogP contribution in [0.4, 0.5) is 13.2 Å². The van der Waals surface area contributed by atoms with E-state index in [1.54, 1.807) is 0 Å². The SMILES string of the molecule is CC(C)C(=O)NC(CN)C(F)(F)F. The lowest BCUT2D eigenvalue weighted by molar-refractivity contribution is -0.160. The molecule has 1 atom stereocenters. The molecule has 0 bridgehead atoms. The second-order valence-corrected chi connectivity index (χ2v) is 2.99. The normalized spacial score (nSPS) is 14.4. The van der Waals surface area contributed by atoms with Crippen LogP contribution in [0.15, 0.2) is 0 Å². The highest BCUT2D eigenvalue weighted by Gasteiger charge is 2.39. The first kappa shape index (κ1) is 12.2. The summed E-state index contributed by atoms with van der Waals surface area (Å²) in [7, 11) is 0. The quantitative estimate of drug-likeness (QED) is 0.699. The molecule has 1 unspecified atom stereocenters. The van der Waals surface area contributed by atoms with Crippen molar-refractivity contribution in [2.75, 3.05) is 6.54 Å². The molecule has 0 aliphatic heterocycles. The van der Waals surface area contributed by atoms with Crippen LogP contribution in [0.25, 0.3) is 0 Å². The molecule has 0 saturated heterocycles. The fourth-order valence-corrected chi connectivity index (χ4v) is 0.613. The van der Waals surface area contributed by atoms with Crippen molar-refractivity contribution >= 4 is 5.91 Å². The molecule has 6 heteroatoms. The summed E-state index contributed by atoms with van der Waals surface area (Å²) in [6.45, 7) is 2.39. The van der Waals surface area contributed by atoms with E-state index >= 15 is 0 Å². The summed E-state index contributed by atoms with van der Waals surface area (Å²) in [5.41, 5.74) is 4.87. The molecular weight excluding hydrogens is 185 g/mol. The van der Waals surface area contributed by atoms with Gasteiger partial charge in [-0.15, -0.1) is 0 Å². The third-order valence-corrected chi connectivity index (χ3v) is 1.47. The number of nitrogens with one attached hydrogen (secondary N) is 1. The van der Waals surface area contributed by atoms with Crippen molar-refractivity contribution in [3.8, 4) is 0 Å². The second-order valence-electron chi connectivity index (χ2n) is 2.99. The number of nitrogens with two attached hydrogens (primary N) is 1. The molecule has 0 fully saturated rings. The van der Waals surface area contributed by atoms with Gasteiger partial charge in [0.2, 0.25) is 5.91 Å². The number of rotatable bonds is 3. The van der Waals surface area contributed by atoms with Crippen LogP contribution in [0, 0.1) is 5.92 Å². The van der Waals surface area contributed by atoms with Crippen molar-refractivity contribution in [3.63, 3.8) is 0 Å². The average Bonchev–Trinajstić information content (AvgIpc) is 1.96. The van der Waals surface area contributed by atoms with E-state index in [1.807, 2.05) is 5.32 Å². The topological polar surface area (TPSA) is 55.1 Å². The Hall–Kier alpha value is -0.780. The van der Waals surface area contributed by atoms with Crippen molar-refractivity contribution in [3.05, 3.63) is 0 Å². The van der Waals surface area contributed by atoms with Gasteiger partial charge in [0.1, 0.15) is 6.04 Å². The maximum Gasteiger partial charge on any atom is 0.409 e. The van der Waals surface area contributed by atoms with Crippen LogP contribution >= 0.6 is 0 Å². The highest BCUT2D eigenvalue weighted by Crippen LogP contribution is 2.19. The van der Waals surface area contributed by atoms with Gasteiger partial charge in [0.15, 0.2) is 0 Å². The molecule has 0 heterocycles. The van der Waals surface area contributed by atoms with Crippen molar-refractivity contribution < 1.29 is 18.0 Å². The van der Waals surface area contributed by atoms with Gasteiger partial charge in [-0.1, -0.05) is 13.8 Å². The lowest BCUT2D eigenvalue weighted by Gasteiger charge is -2.20. The van der Waals surface area contributed by atoms with Gasteiger partial charge in [0, 0.05) is 12.5 Å². The number of amides is 1. The van der Waals surface area contributed by atoms with Crippen LogP contribution in [0.2, 0.25) is 0 Å². The molecule has 3 nitrogen and oxygen atoms in total. The fraction of sp³-hybridized carbons (Fsp3) is 0.857. The predicted molar refractivity (Wildman–Crippen MR) is 41.9 cm³/mol. The maximum absolute atomic E-state index is 12.0. The summed E-state index contributed by atoms with van der Waals surface area (Å²) in [5, 5.41) is 1.82. The monoisotopic (exact) mass is 198 g/mol. The third kappa shape index (κ3) is 4.12. The zero-order valence-electron chi connectivity index (χ0n) is 7.48. The van der Waals surface area contributed by atoms with E-state index in [0.29, 0.717) is 0 Å². The Bertz CT molecular complexity index is 179. The minimum atomic E-state index is -4.47. The first-order valence-electron chi connectivity index (χ1n) is 3.86. The first-order valence-corrected chi connectivity index (χ1v) is 3.86. The Labute approximate surface area is 74.5 Å². The molecule has 0 aromatic rings. The van der Waals surface area contributed by atoms with Crippen LogP contribution in [-0.2, 0) is 4.79 Å². The van der Waals surface area contributed by atoms with Crippen LogP contribution in [0.5, 0.6) is 0 Å². The summed E-state index contributed by atoms with van der Waals surface area (Å²) < 4.78 is 36.1. The molecular formula is C7H13F3N2O. The van der Waals surface area contributed by atoms with Crippen LogP contribution in [0.3, 0.4) is 0 Å². The fourth-order valence-electron chi connectivity index (χ4n) is 0.613. The second kappa shape index (κ2) is 4.45. The summed E-state index contributed by atoms with van der Waals surface area (Å²) >= 11 is 0. The van der Waals surface area contributed by atoms with Gasteiger partial charge in [-0.3, -0.25) is 4.79 Å². The van der Waals surface area contributed by atoms with E-state index in [1.165, 1.54) is 13.8 Å². The maximum atomic E-state index is 12.0. The predicted octanol–water partition coefficient (Wildman–Crippen LogP) is 0.648. The molecule has 0 aliphatic rings. The zero-order valence-corrected chi connectivity index (χ0v) is 7.48. The number of hydrogen-bond acceptors (Lipinski definition) is 2. The van der Waals surface area contributed by atoms with Gasteiger partial charge in [0.05, 0.1) is 0 Å². The van der Waals surface area contributed by atoms with E-state index in [0.717, 1.165) is 0 Å². The van der Waals surface area contributed by atoms with Crippen molar-refractivity contribution in [1.29, 1.82) is 0 Å². The molecule has 0 aliphatic carbocycles. The van der Waals surface area contributed by atoms with Crippen molar-refractivity contribution in [2.24, 2.45) is 11.7 Å². The molecule has 78 valence electrons. The highest BCUT2D eigenvalue weighted by atomic mass is 19.4. The number of hydrogen-bond donors (Lipinski definition) is 2. The van der Waals surface area contributed by atoms with E-state index in [2.05, 4.69) is 0 Å². The van der Waals surface area contributed by atoms with Crippen LogP contribution < -0.4 is 11.1 Å². The van der Waals surface area contributed by atoms with E-state index in [4.69, 9.17) is 5.73 Å². The summed E-state index contributed by atoms with van der Waals surface area (Å²) in [4.78, 5) is 10.9. The molecule has 0 aromatic heterocycles. The standard InChI is InChI=1S/C7H13F3N2O/c1-4(2)6(13)12-5(3-11)7(8,9)10/h4-5H,3,11H2,1-2H3,(H,12,13). The summed E-state index contributed by atoms with van der Waals surface area (Å²) in [5.74, 6) is -1.12. The van der Waals surface area contributed by atoms with E-state index in [-0.39, 0.29) is 0 Å². The number of carbonyl (C=O) groups is 1. The summed E-state index contributed by atoms with van der Waals surface area (Å²) in [6.07, 6.45) is -4.47. The minimum absolute atomic E-state index is 0.476. The van der Waals surface area contributed by atoms with Gasteiger partial charge < -0.3 is 11.1 Å². The van der Waals surface area contributed by atoms with Gasteiger partial charge in [-0.05, 0) is 0 Å². The lowest BCUT2D eigenvalue weighted by Crippen LogP contribution is -2.51. The van der Waals surface area contributed by atoms with Gasteiger partial charge in [-0.25, -0.2) is 0 Å². The molecule has 0 spiro atoms. The van der Waals surface area contributed by atoms with Gasteiger partial charge in [0.25, 0.3) is 0 Å². The Morgan fingerprint density at radius 1 is 1.46 bits per heavy atom. The van der Waals surface area contributed by atoms with E-state index in [9.17, 15) is 18.0 Å². The largest absolute Gasteiger partial charge is 0.409 e.